The van der Waals surface area contributed by atoms with E-state index in [9.17, 15) is 14.7 Å². The van der Waals surface area contributed by atoms with Crippen molar-refractivity contribution >= 4 is 35.0 Å². The van der Waals surface area contributed by atoms with Crippen LogP contribution >= 0.6 is 23.1 Å². The van der Waals surface area contributed by atoms with Crippen molar-refractivity contribution in [3.63, 3.8) is 0 Å². The number of aliphatic carboxylic acids is 1. The molecule has 0 atom stereocenters. The van der Waals surface area contributed by atoms with Gasteiger partial charge in [-0.05, 0) is 43.9 Å². The number of aromatic nitrogens is 1. The summed E-state index contributed by atoms with van der Waals surface area (Å²) >= 11 is 2.86. The van der Waals surface area contributed by atoms with Crippen LogP contribution in [0.4, 0.5) is 0 Å². The lowest BCUT2D eigenvalue weighted by Gasteiger charge is -2.29. The van der Waals surface area contributed by atoms with Crippen LogP contribution in [0, 0.1) is 6.92 Å². The summed E-state index contributed by atoms with van der Waals surface area (Å²) in [5.41, 5.74) is 5.27. The second-order valence-corrected chi connectivity index (χ2v) is 11.1. The zero-order valence-electron chi connectivity index (χ0n) is 18.4. The highest BCUT2D eigenvalue weighted by atomic mass is 32.2. The maximum Gasteiger partial charge on any atom is 0.319 e. The van der Waals surface area contributed by atoms with Gasteiger partial charge in [0.15, 0.2) is 0 Å². The van der Waals surface area contributed by atoms with Gasteiger partial charge in [-0.15, -0.1) is 23.1 Å². The molecule has 0 saturated heterocycles. The SMILES string of the molecule is Cc1nc(-c2ccccc2)sc1C(=O)N1CCc2ccc(CSC(C)(C)C(=O)O)cc2C1. The van der Waals surface area contributed by atoms with E-state index in [0.717, 1.165) is 33.8 Å². The number of carbonyl (C=O) groups is 2. The molecule has 7 heteroatoms. The van der Waals surface area contributed by atoms with Crippen molar-refractivity contribution in [3.8, 4) is 10.6 Å². The number of hydrogen-bond acceptors (Lipinski definition) is 5. The number of benzene rings is 2. The molecule has 166 valence electrons. The molecule has 32 heavy (non-hydrogen) atoms. The first-order chi connectivity index (χ1) is 15.2. The van der Waals surface area contributed by atoms with E-state index < -0.39 is 10.7 Å². The largest absolute Gasteiger partial charge is 0.480 e. The Bertz CT molecular complexity index is 1160. The van der Waals surface area contributed by atoms with Crippen molar-refractivity contribution in [2.24, 2.45) is 0 Å². The van der Waals surface area contributed by atoms with Gasteiger partial charge in [0.05, 0.1) is 5.69 Å². The number of hydrogen-bond donors (Lipinski definition) is 1. The van der Waals surface area contributed by atoms with E-state index in [-0.39, 0.29) is 5.91 Å². The van der Waals surface area contributed by atoms with E-state index in [0.29, 0.717) is 23.7 Å². The molecule has 2 aromatic carbocycles. The molecule has 1 N–H and O–H groups in total. The van der Waals surface area contributed by atoms with Gasteiger partial charge >= 0.3 is 5.97 Å². The monoisotopic (exact) mass is 466 g/mol. The van der Waals surface area contributed by atoms with Crippen LogP contribution in [0.25, 0.3) is 10.6 Å². The molecule has 0 saturated carbocycles. The minimum absolute atomic E-state index is 0.0274. The van der Waals surface area contributed by atoms with Crippen molar-refractivity contribution < 1.29 is 14.7 Å². The highest BCUT2D eigenvalue weighted by Crippen LogP contribution is 2.32. The van der Waals surface area contributed by atoms with Crippen LogP contribution in [0.5, 0.6) is 0 Å². The fraction of sp³-hybridized carbons (Fsp3) is 0.320. The van der Waals surface area contributed by atoms with Crippen LogP contribution in [0.1, 0.15) is 45.9 Å². The average Bonchev–Trinajstić information content (AvgIpc) is 3.18. The summed E-state index contributed by atoms with van der Waals surface area (Å²) in [6, 6.07) is 16.2. The van der Waals surface area contributed by atoms with E-state index in [1.165, 1.54) is 28.7 Å². The Morgan fingerprint density at radius 2 is 1.91 bits per heavy atom. The minimum Gasteiger partial charge on any atom is -0.480 e. The third-order valence-corrected chi connectivity index (χ3v) is 8.26. The zero-order valence-corrected chi connectivity index (χ0v) is 20.1. The molecule has 1 aliphatic heterocycles. The van der Waals surface area contributed by atoms with Gasteiger partial charge < -0.3 is 10.0 Å². The molecule has 1 amide bonds. The third kappa shape index (κ3) is 4.74. The molecular weight excluding hydrogens is 440 g/mol. The van der Waals surface area contributed by atoms with Crippen LogP contribution in [0.15, 0.2) is 48.5 Å². The Kier molecular flexibility index (Phi) is 6.40. The van der Waals surface area contributed by atoms with Gasteiger partial charge in [0, 0.05) is 24.4 Å². The van der Waals surface area contributed by atoms with Crippen molar-refractivity contribution in [1.82, 2.24) is 9.88 Å². The van der Waals surface area contributed by atoms with E-state index in [2.05, 4.69) is 23.2 Å². The number of carbonyl (C=O) groups excluding carboxylic acids is 1. The number of aryl methyl sites for hydroxylation is 1. The van der Waals surface area contributed by atoms with E-state index in [1.807, 2.05) is 42.2 Å². The first kappa shape index (κ1) is 22.6. The van der Waals surface area contributed by atoms with Crippen molar-refractivity contribution in [2.75, 3.05) is 6.54 Å². The molecule has 0 radical (unpaired) electrons. The molecule has 5 nitrogen and oxygen atoms in total. The number of nitrogens with zero attached hydrogens (tertiary/aromatic N) is 2. The van der Waals surface area contributed by atoms with Crippen LogP contribution in [-0.4, -0.2) is 38.2 Å². The fourth-order valence-corrected chi connectivity index (χ4v) is 5.51. The lowest BCUT2D eigenvalue weighted by atomic mass is 9.97. The molecule has 3 aromatic rings. The van der Waals surface area contributed by atoms with E-state index in [1.54, 1.807) is 13.8 Å². The second kappa shape index (κ2) is 9.08. The predicted molar refractivity (Wildman–Crippen MR) is 130 cm³/mol. The number of amides is 1. The summed E-state index contributed by atoms with van der Waals surface area (Å²) in [6.07, 6.45) is 0.818. The molecule has 0 fully saturated rings. The lowest BCUT2D eigenvalue weighted by molar-refractivity contribution is -0.138. The summed E-state index contributed by atoms with van der Waals surface area (Å²) in [6.45, 7) is 6.59. The number of carboxylic acids is 1. The Morgan fingerprint density at radius 3 is 2.62 bits per heavy atom. The predicted octanol–water partition coefficient (Wildman–Crippen LogP) is 5.41. The number of thiazole rings is 1. The van der Waals surface area contributed by atoms with Gasteiger partial charge in [-0.3, -0.25) is 9.59 Å². The van der Waals surface area contributed by atoms with Gasteiger partial charge in [0.25, 0.3) is 5.91 Å². The maximum absolute atomic E-state index is 13.3. The number of fused-ring (bicyclic) bond motifs is 1. The highest BCUT2D eigenvalue weighted by molar-refractivity contribution is 8.00. The number of rotatable bonds is 6. The van der Waals surface area contributed by atoms with Crippen molar-refractivity contribution in [2.45, 2.75) is 44.2 Å². The Balaban J connectivity index is 1.50. The molecule has 0 spiro atoms. The summed E-state index contributed by atoms with van der Waals surface area (Å²) in [5.74, 6) is -0.166. The normalized spacial score (nSPS) is 13.7. The molecule has 1 aromatic heterocycles. The average molecular weight is 467 g/mol. The minimum atomic E-state index is -0.835. The highest BCUT2D eigenvalue weighted by Gasteiger charge is 2.28. The summed E-state index contributed by atoms with van der Waals surface area (Å²) < 4.78 is -0.835. The second-order valence-electron chi connectivity index (χ2n) is 8.48. The topological polar surface area (TPSA) is 70.5 Å². The fourth-order valence-electron chi connectivity index (χ4n) is 3.64. The Hall–Kier alpha value is -2.64. The van der Waals surface area contributed by atoms with Crippen LogP contribution in [-0.2, 0) is 23.5 Å². The smallest absolute Gasteiger partial charge is 0.319 e. The standard InChI is InChI=1S/C25H26N2O3S2/c1-16-21(32-22(26-16)19-7-5-4-6-8-19)23(28)27-12-11-18-10-9-17(13-20(18)14-27)15-31-25(2,3)24(29)30/h4-10,13H,11-12,14-15H2,1-3H3,(H,29,30). The zero-order chi connectivity index (χ0) is 22.9. The molecule has 4 rings (SSSR count). The lowest BCUT2D eigenvalue weighted by Crippen LogP contribution is -2.36. The third-order valence-electron chi connectivity index (χ3n) is 5.70. The summed E-state index contributed by atoms with van der Waals surface area (Å²) in [7, 11) is 0. The molecule has 0 bridgehead atoms. The quantitative estimate of drug-likeness (QED) is 0.526. The summed E-state index contributed by atoms with van der Waals surface area (Å²) in [4.78, 5) is 31.9. The first-order valence-electron chi connectivity index (χ1n) is 10.5. The molecule has 0 unspecified atom stereocenters. The molecule has 2 heterocycles. The van der Waals surface area contributed by atoms with E-state index >= 15 is 0 Å². The Labute approximate surface area is 196 Å². The maximum atomic E-state index is 13.3. The van der Waals surface area contributed by atoms with Crippen molar-refractivity contribution in [1.29, 1.82) is 0 Å². The molecular formula is C25H26N2O3S2. The number of carboxylic acid groups (broad SMARTS) is 1. The van der Waals surface area contributed by atoms with Gasteiger partial charge in [-0.25, -0.2) is 4.98 Å². The summed E-state index contributed by atoms with van der Waals surface area (Å²) in [5, 5.41) is 10.2. The van der Waals surface area contributed by atoms with Gasteiger partial charge in [-0.1, -0.05) is 48.5 Å². The molecule has 1 aliphatic rings. The molecule has 0 aliphatic carbocycles. The van der Waals surface area contributed by atoms with Crippen molar-refractivity contribution in [3.05, 3.63) is 75.8 Å². The van der Waals surface area contributed by atoms with Gasteiger partial charge in [0.1, 0.15) is 14.6 Å². The van der Waals surface area contributed by atoms with Gasteiger partial charge in [0.2, 0.25) is 0 Å². The van der Waals surface area contributed by atoms with Crippen LogP contribution in [0.2, 0.25) is 0 Å². The van der Waals surface area contributed by atoms with Crippen LogP contribution < -0.4 is 0 Å². The first-order valence-corrected chi connectivity index (χ1v) is 12.3. The van der Waals surface area contributed by atoms with Crippen LogP contribution in [0.3, 0.4) is 0 Å². The van der Waals surface area contributed by atoms with E-state index in [4.69, 9.17) is 0 Å². The van der Waals surface area contributed by atoms with Gasteiger partial charge in [-0.2, -0.15) is 0 Å². The number of thioether (sulfide) groups is 1. The Morgan fingerprint density at radius 1 is 1.16 bits per heavy atom.